The first kappa shape index (κ1) is 40.7. The smallest absolute Gasteiger partial charge is 0.252 e. The van der Waals surface area contributed by atoms with Gasteiger partial charge >= 0.3 is 0 Å². The third kappa shape index (κ3) is 12.2. The minimum Gasteiger partial charge on any atom is -0.390 e. The third-order valence-corrected chi connectivity index (χ3v) is 11.6. The van der Waals surface area contributed by atoms with E-state index in [0.717, 1.165) is 38.0 Å². The highest BCUT2D eigenvalue weighted by molar-refractivity contribution is 6.14. The summed E-state index contributed by atoms with van der Waals surface area (Å²) < 4.78 is 11.6. The first-order valence-electron chi connectivity index (χ1n) is 19.4. The van der Waals surface area contributed by atoms with Crippen molar-refractivity contribution in [2.75, 3.05) is 39.5 Å². The Morgan fingerprint density at radius 2 is 1.90 bits per heavy atom. The van der Waals surface area contributed by atoms with Gasteiger partial charge in [-0.15, -0.1) is 0 Å². The maximum absolute atomic E-state index is 12.2. The van der Waals surface area contributed by atoms with E-state index in [1.165, 1.54) is 66.7 Å². The molecule has 5 atom stereocenters. The number of nitrogens with zero attached hydrogens (tertiary/aromatic N) is 1. The molecule has 4 N–H and O–H groups in total. The highest BCUT2D eigenvalue weighted by Crippen LogP contribution is 2.60. The minimum absolute atomic E-state index is 0.0843. The second-order valence-corrected chi connectivity index (χ2v) is 16.1. The molecule has 3 fully saturated rings. The fourth-order valence-electron chi connectivity index (χ4n) is 8.81. The van der Waals surface area contributed by atoms with Gasteiger partial charge in [0.15, 0.2) is 0 Å². The average molecular weight is 709 g/mol. The molecule has 0 spiro atoms. The van der Waals surface area contributed by atoms with Crippen molar-refractivity contribution in [2.45, 2.75) is 123 Å². The van der Waals surface area contributed by atoms with E-state index < -0.39 is 5.60 Å². The summed E-state index contributed by atoms with van der Waals surface area (Å²) in [5.74, 6) is 1.45. The summed E-state index contributed by atoms with van der Waals surface area (Å²) in [5.41, 5.74) is 3.94. The Balaban J connectivity index is 1.10. The van der Waals surface area contributed by atoms with E-state index in [2.05, 4.69) is 43.2 Å². The topological polar surface area (TPSA) is 141 Å². The first-order valence-corrected chi connectivity index (χ1v) is 19.4. The van der Waals surface area contributed by atoms with Crippen LogP contribution >= 0.6 is 0 Å². The number of hydrogen-bond donors (Lipinski definition) is 4. The van der Waals surface area contributed by atoms with Gasteiger partial charge in [-0.05, 0) is 113 Å². The van der Waals surface area contributed by atoms with Crippen LogP contribution < -0.4 is 10.6 Å². The SMILES string of the molecule is C=C1CC[C@H](OCCCNC(=O)COCCNC(=O)CCN2C(=N)C=CC2=O)C/C1=C/C=C1\CCC[C@]2(C)[C@@H]([C@H](C)CCCC(C)(C)O)CC[C@@H]12. The molecule has 51 heavy (non-hydrogen) atoms. The van der Waals surface area contributed by atoms with E-state index in [1.807, 2.05) is 13.8 Å². The fourth-order valence-corrected chi connectivity index (χ4v) is 8.81. The normalized spacial score (nSPS) is 27.4. The Labute approximate surface area is 306 Å². The molecule has 1 heterocycles. The van der Waals surface area contributed by atoms with Crippen molar-refractivity contribution >= 4 is 23.6 Å². The lowest BCUT2D eigenvalue weighted by molar-refractivity contribution is -0.125. The van der Waals surface area contributed by atoms with E-state index in [4.69, 9.17) is 14.9 Å². The van der Waals surface area contributed by atoms with Gasteiger partial charge in [-0.25, -0.2) is 0 Å². The van der Waals surface area contributed by atoms with E-state index in [9.17, 15) is 19.5 Å². The number of aliphatic hydroxyl groups is 1. The van der Waals surface area contributed by atoms with E-state index >= 15 is 0 Å². The predicted octanol–water partition coefficient (Wildman–Crippen LogP) is 6.16. The largest absolute Gasteiger partial charge is 0.390 e. The van der Waals surface area contributed by atoms with Crippen molar-refractivity contribution < 1.29 is 29.0 Å². The number of carbonyl (C=O) groups excluding carboxylic acids is 3. The Morgan fingerprint density at radius 3 is 2.65 bits per heavy atom. The minimum atomic E-state index is -0.575. The van der Waals surface area contributed by atoms with Gasteiger partial charge in [0.25, 0.3) is 5.91 Å². The van der Waals surface area contributed by atoms with Crippen LogP contribution in [-0.2, 0) is 23.9 Å². The molecule has 0 aromatic carbocycles. The van der Waals surface area contributed by atoms with E-state index in [1.54, 1.807) is 5.57 Å². The summed E-state index contributed by atoms with van der Waals surface area (Å²) in [5, 5.41) is 23.4. The van der Waals surface area contributed by atoms with Crippen LogP contribution in [0.5, 0.6) is 0 Å². The zero-order valence-electron chi connectivity index (χ0n) is 31.7. The molecule has 10 nitrogen and oxygen atoms in total. The number of allylic oxidation sites excluding steroid dienone is 4. The van der Waals surface area contributed by atoms with Crippen LogP contribution in [0.15, 0.2) is 47.6 Å². The highest BCUT2D eigenvalue weighted by Gasteiger charge is 2.50. The zero-order valence-corrected chi connectivity index (χ0v) is 31.7. The summed E-state index contributed by atoms with van der Waals surface area (Å²) in [6, 6.07) is 0. The monoisotopic (exact) mass is 708 g/mol. The van der Waals surface area contributed by atoms with Gasteiger partial charge in [0.1, 0.15) is 12.4 Å². The summed E-state index contributed by atoms with van der Waals surface area (Å²) in [6.45, 7) is 14.8. The summed E-state index contributed by atoms with van der Waals surface area (Å²) in [6.07, 6.45) is 20.8. The van der Waals surface area contributed by atoms with Crippen LogP contribution in [0, 0.1) is 28.6 Å². The van der Waals surface area contributed by atoms with Crippen LogP contribution in [0.3, 0.4) is 0 Å². The van der Waals surface area contributed by atoms with Gasteiger partial charge in [-0.1, -0.05) is 56.6 Å². The number of hydrogen-bond acceptors (Lipinski definition) is 7. The van der Waals surface area contributed by atoms with Gasteiger partial charge in [0.2, 0.25) is 11.8 Å². The molecule has 0 saturated heterocycles. The number of rotatable bonds is 19. The highest BCUT2D eigenvalue weighted by atomic mass is 16.5. The number of amides is 3. The number of ether oxygens (including phenoxy) is 2. The lowest BCUT2D eigenvalue weighted by Gasteiger charge is -2.44. The van der Waals surface area contributed by atoms with E-state index in [-0.39, 0.29) is 62.4 Å². The molecule has 284 valence electrons. The summed E-state index contributed by atoms with van der Waals surface area (Å²) in [4.78, 5) is 37.0. The molecule has 0 radical (unpaired) electrons. The lowest BCUT2D eigenvalue weighted by atomic mass is 9.60. The number of carbonyl (C=O) groups is 3. The van der Waals surface area contributed by atoms with Crippen LogP contribution in [0.2, 0.25) is 0 Å². The van der Waals surface area contributed by atoms with Crippen molar-refractivity contribution in [1.82, 2.24) is 15.5 Å². The molecule has 4 aliphatic rings. The molecule has 0 unspecified atom stereocenters. The predicted molar refractivity (Wildman–Crippen MR) is 201 cm³/mol. The Hall–Kier alpha value is -3.08. The van der Waals surface area contributed by atoms with Crippen molar-refractivity contribution in [3.8, 4) is 0 Å². The molecule has 3 aliphatic carbocycles. The molecule has 1 aliphatic heterocycles. The van der Waals surface area contributed by atoms with Gasteiger partial charge < -0.3 is 25.2 Å². The maximum Gasteiger partial charge on any atom is 0.252 e. The zero-order chi connectivity index (χ0) is 37.0. The standard InChI is InChI=1S/C41H64N4O6/c1-29-11-14-33(51-25-8-22-43-38(47)28-50-26-23-44-37(46)19-24-45-36(42)17-18-39(45)48)27-32(29)13-12-31-10-7-21-41(5)34(15-16-35(31)41)30(2)9-6-20-40(3,4)49/h12-13,17-18,30,33-35,42,49H,1,6-11,14-16,19-28H2,2-5H3,(H,43,47)(H,44,46)/b31-12+,32-13-,42-36?/t30-,33+,34-,35+,41-/m1/s1. The molecule has 0 aromatic rings. The van der Waals surface area contributed by atoms with Crippen molar-refractivity contribution in [1.29, 1.82) is 5.41 Å². The van der Waals surface area contributed by atoms with Crippen molar-refractivity contribution in [2.24, 2.45) is 23.2 Å². The first-order chi connectivity index (χ1) is 24.3. The van der Waals surface area contributed by atoms with Crippen molar-refractivity contribution in [3.63, 3.8) is 0 Å². The number of nitrogens with one attached hydrogen (secondary N) is 3. The van der Waals surface area contributed by atoms with Crippen molar-refractivity contribution in [3.05, 3.63) is 47.6 Å². The van der Waals surface area contributed by atoms with Crippen LogP contribution in [0.1, 0.15) is 111 Å². The quantitative estimate of drug-likeness (QED) is 0.119. The summed E-state index contributed by atoms with van der Waals surface area (Å²) in [7, 11) is 0. The Morgan fingerprint density at radius 1 is 1.12 bits per heavy atom. The molecule has 10 heteroatoms. The van der Waals surface area contributed by atoms with Gasteiger partial charge in [-0.3, -0.25) is 24.7 Å². The second-order valence-electron chi connectivity index (χ2n) is 16.1. The van der Waals surface area contributed by atoms with Crippen LogP contribution in [0.4, 0.5) is 0 Å². The molecular weight excluding hydrogens is 644 g/mol. The molecule has 0 aromatic heterocycles. The third-order valence-electron chi connectivity index (χ3n) is 11.6. The molecule has 3 saturated carbocycles. The number of fused-ring (bicyclic) bond motifs is 1. The molecule has 0 bridgehead atoms. The molecule has 4 rings (SSSR count). The van der Waals surface area contributed by atoms with Gasteiger partial charge in [-0.2, -0.15) is 0 Å². The Kier molecular flexibility index (Phi) is 15.3. The van der Waals surface area contributed by atoms with Crippen LogP contribution in [0.25, 0.3) is 0 Å². The average Bonchev–Trinajstić information content (AvgIpc) is 3.60. The fraction of sp³-hybridized carbons (Fsp3) is 0.707. The van der Waals surface area contributed by atoms with Gasteiger partial charge in [0.05, 0.1) is 18.3 Å². The number of amidine groups is 1. The Bertz CT molecular complexity index is 1330. The summed E-state index contributed by atoms with van der Waals surface area (Å²) >= 11 is 0. The maximum atomic E-state index is 12.2. The molecular formula is C41H64N4O6. The molecule has 3 amide bonds. The second kappa shape index (κ2) is 19.1. The van der Waals surface area contributed by atoms with E-state index in [0.29, 0.717) is 36.8 Å². The van der Waals surface area contributed by atoms with Crippen LogP contribution in [-0.4, -0.2) is 84.7 Å². The van der Waals surface area contributed by atoms with Gasteiger partial charge in [0, 0.05) is 38.7 Å². The lowest BCUT2D eigenvalue weighted by Crippen LogP contribution is -2.36.